The molecular formula is C6H14O4P+. The highest BCUT2D eigenvalue weighted by molar-refractivity contribution is 7.32. The lowest BCUT2D eigenvalue weighted by Crippen LogP contribution is -2.19. The highest BCUT2D eigenvalue weighted by atomic mass is 31.1. The first-order valence-corrected chi connectivity index (χ1v) is 4.75. The van der Waals surface area contributed by atoms with Crippen molar-refractivity contribution in [3.05, 3.63) is 0 Å². The molecule has 0 aliphatic rings. The van der Waals surface area contributed by atoms with E-state index in [9.17, 15) is 4.57 Å². The molecule has 0 bridgehead atoms. The van der Waals surface area contributed by atoms with Gasteiger partial charge in [-0.15, -0.1) is 4.89 Å². The maximum atomic E-state index is 10.1. The fraction of sp³-hybridized carbons (Fsp3) is 1.00. The first kappa shape index (κ1) is 11.0. The van der Waals surface area contributed by atoms with E-state index in [1.54, 1.807) is 0 Å². The van der Waals surface area contributed by atoms with Crippen molar-refractivity contribution in [1.29, 1.82) is 0 Å². The van der Waals surface area contributed by atoms with Crippen LogP contribution in [-0.2, 0) is 9.09 Å². The molecule has 2 unspecified atom stereocenters. The van der Waals surface area contributed by atoms with Crippen LogP contribution in [0.2, 0.25) is 0 Å². The molecule has 0 saturated carbocycles. The number of hydrogen-bond donors (Lipinski definition) is 2. The van der Waals surface area contributed by atoms with Crippen LogP contribution >= 0.6 is 8.25 Å². The van der Waals surface area contributed by atoms with E-state index >= 15 is 0 Å². The van der Waals surface area contributed by atoms with E-state index in [1.165, 1.54) is 0 Å². The maximum Gasteiger partial charge on any atom is 0.697 e. The number of rotatable bonds is 5. The molecule has 0 aliphatic heterocycles. The minimum atomic E-state index is -2.68. The van der Waals surface area contributed by atoms with Gasteiger partial charge in [0.1, 0.15) is 0 Å². The summed E-state index contributed by atoms with van der Waals surface area (Å²) >= 11 is 0. The van der Waals surface area contributed by atoms with E-state index in [1.807, 2.05) is 13.8 Å². The Bertz CT molecular complexity index is 124. The summed E-state index contributed by atoms with van der Waals surface area (Å²) in [6.07, 6.45) is 0.361. The van der Waals surface area contributed by atoms with Gasteiger partial charge in [0.05, 0.1) is 0 Å². The monoisotopic (exact) mass is 181 g/mol. The van der Waals surface area contributed by atoms with Gasteiger partial charge in [-0.2, -0.15) is 0 Å². The van der Waals surface area contributed by atoms with Crippen molar-refractivity contribution in [2.75, 3.05) is 0 Å². The Morgan fingerprint density at radius 1 is 1.45 bits per heavy atom. The summed E-state index contributed by atoms with van der Waals surface area (Å²) in [5.74, 6) is -0.0545. The zero-order valence-corrected chi connectivity index (χ0v) is 7.62. The number of hydrogen-bond acceptors (Lipinski definition) is 3. The van der Waals surface area contributed by atoms with Gasteiger partial charge in [0.25, 0.3) is 0 Å². The molecule has 11 heavy (non-hydrogen) atoms. The molecule has 2 N–H and O–H groups in total. The van der Waals surface area contributed by atoms with Crippen LogP contribution < -0.4 is 0 Å². The van der Waals surface area contributed by atoms with Crippen molar-refractivity contribution in [2.45, 2.75) is 33.0 Å². The Morgan fingerprint density at radius 3 is 2.18 bits per heavy atom. The molecular weight excluding hydrogens is 167 g/mol. The van der Waals surface area contributed by atoms with E-state index < -0.39 is 14.5 Å². The molecule has 0 fully saturated rings. The summed E-state index contributed by atoms with van der Waals surface area (Å²) in [5, 5.41) is 9.11. The largest absolute Gasteiger partial charge is 0.697 e. The summed E-state index contributed by atoms with van der Waals surface area (Å²) in [6, 6.07) is 0. The molecule has 66 valence electrons. The molecule has 0 aliphatic carbocycles. The average Bonchev–Trinajstić information content (AvgIpc) is 1.88. The van der Waals surface area contributed by atoms with Crippen LogP contribution in [0, 0.1) is 5.92 Å². The third kappa shape index (κ3) is 4.43. The van der Waals surface area contributed by atoms with Crippen molar-refractivity contribution in [2.24, 2.45) is 5.92 Å². The summed E-state index contributed by atoms with van der Waals surface area (Å²) < 4.78 is 14.4. The Morgan fingerprint density at radius 2 is 1.91 bits per heavy atom. The van der Waals surface area contributed by atoms with Crippen LogP contribution in [0.25, 0.3) is 0 Å². The summed E-state index contributed by atoms with van der Waals surface area (Å²) in [6.45, 7) is 3.79. The second-order valence-corrected chi connectivity index (χ2v) is 3.00. The Hall–Kier alpha value is -0.0200. The zero-order chi connectivity index (χ0) is 8.85. The van der Waals surface area contributed by atoms with Gasteiger partial charge in [-0.3, -0.25) is 0 Å². The number of aliphatic hydroxyl groups excluding tert-OH is 1. The second kappa shape index (κ2) is 5.61. The predicted octanol–water partition coefficient (Wildman–Crippen LogP) is 1.41. The van der Waals surface area contributed by atoms with Crippen LogP contribution in [0.1, 0.15) is 26.7 Å². The first-order valence-electron chi connectivity index (χ1n) is 3.62. The first-order chi connectivity index (χ1) is 5.11. The molecule has 0 spiro atoms. The van der Waals surface area contributed by atoms with Crippen LogP contribution in [-0.4, -0.2) is 16.3 Å². The normalized spacial score (nSPS) is 15.2. The summed E-state index contributed by atoms with van der Waals surface area (Å²) in [7, 11) is -2.68. The van der Waals surface area contributed by atoms with E-state index in [-0.39, 0.29) is 5.92 Å². The standard InChI is InChI=1S/C6H13O4P/c1-3-5(4-2)6(7)10-11(8)9/h5-7H,3-4H2,1-2H3/p+1. The van der Waals surface area contributed by atoms with Crippen molar-refractivity contribution >= 4 is 8.25 Å². The molecule has 0 saturated heterocycles. The summed E-state index contributed by atoms with van der Waals surface area (Å²) in [4.78, 5) is 8.29. The lowest BCUT2D eigenvalue weighted by atomic mass is 10.0. The predicted molar refractivity (Wildman–Crippen MR) is 41.0 cm³/mol. The highest BCUT2D eigenvalue weighted by Gasteiger charge is 2.26. The van der Waals surface area contributed by atoms with Gasteiger partial charge >= 0.3 is 8.25 Å². The Kier molecular flexibility index (Phi) is 5.60. The van der Waals surface area contributed by atoms with Gasteiger partial charge in [0.2, 0.25) is 6.29 Å². The fourth-order valence-electron chi connectivity index (χ4n) is 0.870. The Balaban J connectivity index is 3.78. The molecule has 4 nitrogen and oxygen atoms in total. The molecule has 0 amide bonds. The third-order valence-electron chi connectivity index (χ3n) is 1.65. The van der Waals surface area contributed by atoms with Gasteiger partial charge in [-0.25, -0.2) is 0 Å². The van der Waals surface area contributed by atoms with E-state index in [0.29, 0.717) is 0 Å². The van der Waals surface area contributed by atoms with Crippen molar-refractivity contribution < 1.29 is 19.1 Å². The van der Waals surface area contributed by atoms with Crippen molar-refractivity contribution in [3.8, 4) is 0 Å². The molecule has 0 aromatic rings. The highest BCUT2D eigenvalue weighted by Crippen LogP contribution is 2.24. The molecule has 0 radical (unpaired) electrons. The molecule has 0 heterocycles. The van der Waals surface area contributed by atoms with Crippen LogP contribution in [0.15, 0.2) is 0 Å². The smallest absolute Gasteiger partial charge is 0.364 e. The fourth-order valence-corrected chi connectivity index (χ4v) is 1.23. The number of aliphatic hydroxyl groups is 1. The van der Waals surface area contributed by atoms with Crippen molar-refractivity contribution in [3.63, 3.8) is 0 Å². The van der Waals surface area contributed by atoms with Gasteiger partial charge in [0, 0.05) is 10.5 Å². The molecule has 0 aromatic heterocycles. The van der Waals surface area contributed by atoms with E-state index in [2.05, 4.69) is 4.52 Å². The van der Waals surface area contributed by atoms with Crippen molar-refractivity contribution in [1.82, 2.24) is 0 Å². The quantitative estimate of drug-likeness (QED) is 0.497. The zero-order valence-electron chi connectivity index (χ0n) is 6.73. The lowest BCUT2D eigenvalue weighted by molar-refractivity contribution is -0.0652. The summed E-state index contributed by atoms with van der Waals surface area (Å²) in [5.41, 5.74) is 0. The van der Waals surface area contributed by atoms with Crippen LogP contribution in [0.3, 0.4) is 0 Å². The van der Waals surface area contributed by atoms with Gasteiger partial charge in [0.15, 0.2) is 0 Å². The van der Waals surface area contributed by atoms with Gasteiger partial charge < -0.3 is 5.11 Å². The van der Waals surface area contributed by atoms with E-state index in [4.69, 9.17) is 10.00 Å². The minimum Gasteiger partial charge on any atom is -0.364 e. The topological polar surface area (TPSA) is 66.8 Å². The second-order valence-electron chi connectivity index (χ2n) is 2.31. The molecule has 0 rings (SSSR count). The SMILES string of the molecule is CCC(CC)C(O)O[P+](=O)O. The van der Waals surface area contributed by atoms with Crippen LogP contribution in [0.5, 0.6) is 0 Å². The van der Waals surface area contributed by atoms with Gasteiger partial charge in [-0.1, -0.05) is 18.4 Å². The Labute approximate surface area is 67.1 Å². The van der Waals surface area contributed by atoms with Gasteiger partial charge in [-0.05, 0) is 12.8 Å². The lowest BCUT2D eigenvalue weighted by Gasteiger charge is -2.12. The molecule has 5 heteroatoms. The molecule has 2 atom stereocenters. The maximum absolute atomic E-state index is 10.1. The molecule has 0 aromatic carbocycles. The van der Waals surface area contributed by atoms with E-state index in [0.717, 1.165) is 12.8 Å². The minimum absolute atomic E-state index is 0.0545. The third-order valence-corrected chi connectivity index (χ3v) is 2.05. The van der Waals surface area contributed by atoms with Crippen LogP contribution in [0.4, 0.5) is 0 Å². The average molecular weight is 181 g/mol.